The van der Waals surface area contributed by atoms with Gasteiger partial charge in [0.1, 0.15) is 0 Å². The van der Waals surface area contributed by atoms with E-state index in [1.54, 1.807) is 0 Å². The van der Waals surface area contributed by atoms with Gasteiger partial charge in [-0.05, 0) is 121 Å². The lowest BCUT2D eigenvalue weighted by Crippen LogP contribution is -2.28. The summed E-state index contributed by atoms with van der Waals surface area (Å²) in [6.45, 7) is 0. The van der Waals surface area contributed by atoms with Crippen LogP contribution in [0.15, 0.2) is 237 Å². The monoisotopic (exact) mass is 793 g/mol. The Hall–Kier alpha value is -7.52. The normalized spacial score (nSPS) is 12.7. The first-order chi connectivity index (χ1) is 30.2. The van der Waals surface area contributed by atoms with Gasteiger partial charge in [-0.3, -0.25) is 0 Å². The van der Waals surface area contributed by atoms with Crippen LogP contribution in [0, 0.1) is 0 Å². The van der Waals surface area contributed by atoms with Crippen molar-refractivity contribution in [3.8, 4) is 33.4 Å². The second-order valence-corrected chi connectivity index (χ2v) is 17.1. The lowest BCUT2D eigenvalue weighted by Gasteiger charge is -2.35. The molecule has 0 N–H and O–H groups in total. The smallest absolute Gasteiger partial charge is 0.0714 e. The molecule has 0 aliphatic heterocycles. The minimum absolute atomic E-state index is 0.503. The molecule has 0 atom stereocenters. The minimum Gasteiger partial charge on any atom is -0.310 e. The van der Waals surface area contributed by atoms with Crippen LogP contribution in [0.3, 0.4) is 0 Å². The van der Waals surface area contributed by atoms with Crippen molar-refractivity contribution in [2.24, 2.45) is 0 Å². The van der Waals surface area contributed by atoms with Crippen molar-refractivity contribution in [2.75, 3.05) is 4.90 Å². The van der Waals surface area contributed by atoms with Crippen LogP contribution in [0.25, 0.3) is 64.3 Å². The van der Waals surface area contributed by atoms with Gasteiger partial charge >= 0.3 is 0 Å². The van der Waals surface area contributed by atoms with Crippen molar-refractivity contribution in [3.05, 3.63) is 259 Å². The average molecular weight is 794 g/mol. The number of hydrogen-bond acceptors (Lipinski definition) is 2. The van der Waals surface area contributed by atoms with Crippen LogP contribution < -0.4 is 4.90 Å². The Kier molecular flexibility index (Phi) is 8.33. The molecule has 1 heterocycles. The zero-order valence-corrected chi connectivity index (χ0v) is 34.2. The minimum atomic E-state index is -0.503. The summed E-state index contributed by atoms with van der Waals surface area (Å²) in [6.07, 6.45) is 0. The van der Waals surface area contributed by atoms with E-state index in [4.69, 9.17) is 0 Å². The van der Waals surface area contributed by atoms with Gasteiger partial charge in [-0.15, -0.1) is 11.3 Å². The van der Waals surface area contributed by atoms with Crippen LogP contribution in [-0.2, 0) is 5.41 Å². The van der Waals surface area contributed by atoms with E-state index < -0.39 is 5.41 Å². The van der Waals surface area contributed by atoms with Crippen molar-refractivity contribution in [3.63, 3.8) is 0 Å². The van der Waals surface area contributed by atoms with Crippen LogP contribution >= 0.6 is 11.3 Å². The van der Waals surface area contributed by atoms with Crippen LogP contribution in [-0.4, -0.2) is 0 Å². The molecule has 0 fully saturated rings. The first kappa shape index (κ1) is 35.4. The fraction of sp³-hybridized carbons (Fsp3) is 0.0169. The van der Waals surface area contributed by atoms with E-state index in [1.807, 2.05) is 11.3 Å². The maximum absolute atomic E-state index is 2.49. The number of anilines is 3. The third-order valence-electron chi connectivity index (χ3n) is 12.7. The number of benzene rings is 10. The molecule has 1 nitrogen and oxygen atoms in total. The van der Waals surface area contributed by atoms with Crippen molar-refractivity contribution in [1.82, 2.24) is 0 Å². The van der Waals surface area contributed by atoms with E-state index in [0.29, 0.717) is 0 Å². The SMILES string of the molecule is c1ccc(C2(c3ccccc3)c3ccccc3-c3ccc(N(c4ccc(-c5cccc(-c6ccc7ccccc7c6)c5)cc4)c4cccc5sc6ccccc6c45)cc32)cc1. The number of nitrogens with zero attached hydrogens (tertiary/aromatic N) is 1. The highest BCUT2D eigenvalue weighted by atomic mass is 32.1. The zero-order valence-electron chi connectivity index (χ0n) is 33.4. The van der Waals surface area contributed by atoms with Crippen LogP contribution in [0.1, 0.15) is 22.3 Å². The van der Waals surface area contributed by atoms with Crippen molar-refractivity contribution in [2.45, 2.75) is 5.41 Å². The Morgan fingerprint density at radius 2 is 0.934 bits per heavy atom. The largest absolute Gasteiger partial charge is 0.310 e. The highest BCUT2D eigenvalue weighted by Crippen LogP contribution is 2.57. The van der Waals surface area contributed by atoms with E-state index in [9.17, 15) is 0 Å². The van der Waals surface area contributed by atoms with E-state index in [-0.39, 0.29) is 0 Å². The third-order valence-corrected chi connectivity index (χ3v) is 13.9. The van der Waals surface area contributed by atoms with E-state index >= 15 is 0 Å². The van der Waals surface area contributed by atoms with Crippen molar-refractivity contribution >= 4 is 59.3 Å². The summed E-state index contributed by atoms with van der Waals surface area (Å²) in [5.74, 6) is 0. The fourth-order valence-corrected chi connectivity index (χ4v) is 11.1. The van der Waals surface area contributed by atoms with Gasteiger partial charge in [0.05, 0.1) is 11.1 Å². The zero-order chi connectivity index (χ0) is 40.3. The molecule has 2 heteroatoms. The molecule has 11 aromatic rings. The summed E-state index contributed by atoms with van der Waals surface area (Å²) in [7, 11) is 0. The van der Waals surface area contributed by atoms with Gasteiger partial charge in [0.2, 0.25) is 0 Å². The molecule has 12 rings (SSSR count). The molecule has 10 aromatic carbocycles. The molecule has 0 radical (unpaired) electrons. The number of hydrogen-bond donors (Lipinski definition) is 0. The van der Waals surface area contributed by atoms with Crippen molar-refractivity contribution in [1.29, 1.82) is 0 Å². The summed E-state index contributed by atoms with van der Waals surface area (Å²) in [5, 5.41) is 5.06. The van der Waals surface area contributed by atoms with Crippen LogP contribution in [0.4, 0.5) is 17.1 Å². The highest BCUT2D eigenvalue weighted by Gasteiger charge is 2.46. The maximum Gasteiger partial charge on any atom is 0.0714 e. The summed E-state index contributed by atoms with van der Waals surface area (Å²) < 4.78 is 2.57. The Labute approximate surface area is 360 Å². The van der Waals surface area contributed by atoms with Gasteiger partial charge in [0.15, 0.2) is 0 Å². The molecule has 1 aromatic heterocycles. The molecule has 286 valence electrons. The Bertz CT molecular complexity index is 3380. The molecule has 1 aliphatic rings. The molecule has 0 saturated carbocycles. The number of thiophene rings is 1. The predicted molar refractivity (Wildman–Crippen MR) is 260 cm³/mol. The van der Waals surface area contributed by atoms with Gasteiger partial charge < -0.3 is 4.90 Å². The van der Waals surface area contributed by atoms with E-state index in [0.717, 1.165) is 11.4 Å². The molecule has 0 saturated heterocycles. The maximum atomic E-state index is 2.49. The predicted octanol–water partition coefficient (Wildman–Crippen LogP) is 16.4. The Balaban J connectivity index is 1.05. The quantitative estimate of drug-likeness (QED) is 0.155. The first-order valence-corrected chi connectivity index (χ1v) is 21.8. The van der Waals surface area contributed by atoms with Crippen molar-refractivity contribution < 1.29 is 0 Å². The molecule has 0 bridgehead atoms. The lowest BCUT2D eigenvalue weighted by molar-refractivity contribution is 0.768. The van der Waals surface area contributed by atoms with Gasteiger partial charge in [0.25, 0.3) is 0 Å². The van der Waals surface area contributed by atoms with Gasteiger partial charge in [-0.2, -0.15) is 0 Å². The molecular formula is C59H39NS. The third kappa shape index (κ3) is 5.68. The summed E-state index contributed by atoms with van der Waals surface area (Å²) in [5.41, 5.74) is 15.4. The van der Waals surface area contributed by atoms with E-state index in [2.05, 4.69) is 241 Å². The van der Waals surface area contributed by atoms with Crippen LogP contribution in [0.2, 0.25) is 0 Å². The van der Waals surface area contributed by atoms with Gasteiger partial charge in [-0.25, -0.2) is 0 Å². The average Bonchev–Trinajstić information content (AvgIpc) is 3.87. The van der Waals surface area contributed by atoms with E-state index in [1.165, 1.54) is 92.3 Å². The van der Waals surface area contributed by atoms with Gasteiger partial charge in [0, 0.05) is 31.5 Å². The summed E-state index contributed by atoms with van der Waals surface area (Å²) in [6, 6.07) is 87.4. The Morgan fingerprint density at radius 1 is 0.344 bits per heavy atom. The van der Waals surface area contributed by atoms with Crippen LogP contribution in [0.5, 0.6) is 0 Å². The molecular weight excluding hydrogens is 755 g/mol. The second kappa shape index (κ2) is 14.3. The molecule has 0 spiro atoms. The molecule has 1 aliphatic carbocycles. The molecule has 61 heavy (non-hydrogen) atoms. The lowest BCUT2D eigenvalue weighted by atomic mass is 9.67. The standard InChI is InChI=1S/C59H39NS/c1-3-19-46(20-4-1)59(47-21-5-2-6-22-47)53-25-11-9-23-50(53)51-36-35-49(39-54(51)59)60(55-26-14-28-57-58(55)52-24-10-12-27-56(52)61-57)48-33-31-41(32-34-48)43-17-13-18-44(37-43)45-30-29-40-15-7-8-16-42(40)38-45/h1-39H. The first-order valence-electron chi connectivity index (χ1n) is 21.0. The Morgan fingerprint density at radius 3 is 1.74 bits per heavy atom. The summed E-state index contributed by atoms with van der Waals surface area (Å²) >= 11 is 1.86. The number of fused-ring (bicyclic) bond motifs is 7. The summed E-state index contributed by atoms with van der Waals surface area (Å²) in [4.78, 5) is 2.49. The molecule has 0 unspecified atom stereocenters. The topological polar surface area (TPSA) is 3.24 Å². The van der Waals surface area contributed by atoms with Gasteiger partial charge in [-0.1, -0.05) is 182 Å². The second-order valence-electron chi connectivity index (χ2n) is 16.0. The highest BCUT2D eigenvalue weighted by molar-refractivity contribution is 7.26. The molecule has 0 amide bonds. The number of rotatable bonds is 7. The fourth-order valence-electron chi connectivity index (χ4n) is 9.99.